The van der Waals surface area contributed by atoms with Crippen molar-refractivity contribution in [1.82, 2.24) is 5.32 Å². The van der Waals surface area contributed by atoms with E-state index in [2.05, 4.69) is 25.7 Å². The molecule has 0 saturated heterocycles. The molecule has 0 rings (SSSR count). The van der Waals surface area contributed by atoms with E-state index in [0.717, 1.165) is 19.5 Å². The van der Waals surface area contributed by atoms with Crippen molar-refractivity contribution in [2.45, 2.75) is 37.9 Å². The van der Waals surface area contributed by atoms with E-state index in [0.29, 0.717) is 0 Å². The van der Waals surface area contributed by atoms with Crippen LogP contribution in [0.15, 0.2) is 11.5 Å². The molecule has 3 heteroatoms. The van der Waals surface area contributed by atoms with Crippen LogP contribution in [-0.2, 0) is 0 Å². The van der Waals surface area contributed by atoms with Crippen molar-refractivity contribution in [3.8, 4) is 0 Å². The van der Waals surface area contributed by atoms with Crippen molar-refractivity contribution in [3.63, 3.8) is 0 Å². The van der Waals surface area contributed by atoms with E-state index in [1.54, 1.807) is 0 Å². The van der Waals surface area contributed by atoms with Gasteiger partial charge in [0.15, 0.2) is 0 Å². The quantitative estimate of drug-likeness (QED) is 0.654. The van der Waals surface area contributed by atoms with Gasteiger partial charge in [0.2, 0.25) is 0 Å². The Hall–Kier alpha value is 0.01000. The summed E-state index contributed by atoms with van der Waals surface area (Å²) >= 11 is 1.85. The number of rotatable bonds is 8. The summed E-state index contributed by atoms with van der Waals surface area (Å²) in [5.74, 6) is 0. The molecule has 2 nitrogen and oxygen atoms in total. The molecular formula is C11H24N2S. The molecule has 84 valence electrons. The molecule has 0 heterocycles. The van der Waals surface area contributed by atoms with Gasteiger partial charge in [0.05, 0.1) is 0 Å². The zero-order valence-electron chi connectivity index (χ0n) is 9.73. The van der Waals surface area contributed by atoms with Crippen LogP contribution < -0.4 is 11.1 Å². The number of nitrogens with one attached hydrogen (secondary N) is 1. The van der Waals surface area contributed by atoms with Gasteiger partial charge in [0.25, 0.3) is 0 Å². The zero-order chi connectivity index (χ0) is 11.0. The van der Waals surface area contributed by atoms with Crippen molar-refractivity contribution in [1.29, 1.82) is 0 Å². The molecule has 0 bridgehead atoms. The molecule has 0 aromatic carbocycles. The Bertz CT molecular complexity index is 171. The normalized spacial score (nSPS) is 15.1. The molecule has 1 atom stereocenters. The van der Waals surface area contributed by atoms with Crippen LogP contribution in [0.2, 0.25) is 0 Å². The minimum absolute atomic E-state index is 0.198. The van der Waals surface area contributed by atoms with Crippen LogP contribution in [0.25, 0.3) is 0 Å². The van der Waals surface area contributed by atoms with Gasteiger partial charge in [0, 0.05) is 11.3 Å². The van der Waals surface area contributed by atoms with Crippen molar-refractivity contribution < 1.29 is 0 Å². The molecule has 1 unspecified atom stereocenters. The average Bonchev–Trinajstić information content (AvgIpc) is 2.14. The van der Waals surface area contributed by atoms with Gasteiger partial charge < -0.3 is 11.1 Å². The van der Waals surface area contributed by atoms with E-state index in [-0.39, 0.29) is 4.75 Å². The van der Waals surface area contributed by atoms with Gasteiger partial charge in [-0.2, -0.15) is 0 Å². The van der Waals surface area contributed by atoms with Crippen LogP contribution in [0.4, 0.5) is 0 Å². The third-order valence-corrected chi connectivity index (χ3v) is 3.66. The molecule has 0 amide bonds. The molecule has 0 aliphatic carbocycles. The molecule has 0 saturated carbocycles. The van der Waals surface area contributed by atoms with E-state index in [4.69, 9.17) is 5.73 Å². The summed E-state index contributed by atoms with van der Waals surface area (Å²) in [5, 5.41) is 3.19. The first kappa shape index (κ1) is 14.0. The molecule has 0 spiro atoms. The second-order valence-corrected chi connectivity index (χ2v) is 5.56. The van der Waals surface area contributed by atoms with Crippen molar-refractivity contribution in [2.24, 2.45) is 5.73 Å². The number of allylic oxidation sites excluding steroid dienone is 1. The summed E-state index contributed by atoms with van der Waals surface area (Å²) in [6.07, 6.45) is 3.47. The number of thioether (sulfide) groups is 1. The second kappa shape index (κ2) is 7.32. The lowest BCUT2D eigenvalue weighted by Gasteiger charge is -2.32. The molecule has 14 heavy (non-hydrogen) atoms. The van der Waals surface area contributed by atoms with E-state index in [1.165, 1.54) is 17.7 Å². The number of hydrogen-bond donors (Lipinski definition) is 2. The highest BCUT2D eigenvalue weighted by Crippen LogP contribution is 2.37. The van der Waals surface area contributed by atoms with E-state index < -0.39 is 0 Å². The predicted molar refractivity (Wildman–Crippen MR) is 67.6 cm³/mol. The highest BCUT2D eigenvalue weighted by atomic mass is 32.2. The molecule has 0 fully saturated rings. The average molecular weight is 216 g/mol. The highest BCUT2D eigenvalue weighted by molar-refractivity contribution is 8.04. The largest absolute Gasteiger partial charge is 0.329 e. The first-order chi connectivity index (χ1) is 6.60. The van der Waals surface area contributed by atoms with Crippen molar-refractivity contribution >= 4 is 11.8 Å². The molecule has 0 aliphatic rings. The van der Waals surface area contributed by atoms with Gasteiger partial charge in [-0.05, 0) is 38.3 Å². The Morgan fingerprint density at radius 3 is 2.50 bits per heavy atom. The summed E-state index contributed by atoms with van der Waals surface area (Å²) in [7, 11) is 1.98. The molecule has 0 aliphatic heterocycles. The molecule has 0 aromatic heterocycles. The number of hydrogen-bond acceptors (Lipinski definition) is 3. The third kappa shape index (κ3) is 5.03. The molecule has 3 N–H and O–H groups in total. The van der Waals surface area contributed by atoms with Crippen LogP contribution in [0.1, 0.15) is 33.1 Å². The topological polar surface area (TPSA) is 38.0 Å². The van der Waals surface area contributed by atoms with Gasteiger partial charge in [-0.25, -0.2) is 0 Å². The van der Waals surface area contributed by atoms with E-state index in [9.17, 15) is 0 Å². The van der Waals surface area contributed by atoms with Gasteiger partial charge in [-0.3, -0.25) is 0 Å². The van der Waals surface area contributed by atoms with Gasteiger partial charge in [-0.15, -0.1) is 11.8 Å². The predicted octanol–water partition coefficient (Wildman–Crippen LogP) is 2.36. The van der Waals surface area contributed by atoms with Crippen LogP contribution in [0.5, 0.6) is 0 Å². The fraction of sp³-hybridized carbons (Fsp3) is 0.818. The monoisotopic (exact) mass is 216 g/mol. The maximum absolute atomic E-state index is 5.89. The molecular weight excluding hydrogens is 192 g/mol. The highest BCUT2D eigenvalue weighted by Gasteiger charge is 2.27. The lowest BCUT2D eigenvalue weighted by atomic mass is 9.99. The van der Waals surface area contributed by atoms with Crippen LogP contribution in [0, 0.1) is 0 Å². The minimum atomic E-state index is 0.198. The van der Waals surface area contributed by atoms with Gasteiger partial charge in [-0.1, -0.05) is 19.9 Å². The maximum atomic E-state index is 5.89. The van der Waals surface area contributed by atoms with Crippen molar-refractivity contribution in [2.75, 3.05) is 20.1 Å². The Kier molecular flexibility index (Phi) is 7.33. The zero-order valence-corrected chi connectivity index (χ0v) is 10.5. The first-order valence-electron chi connectivity index (χ1n) is 5.29. The van der Waals surface area contributed by atoms with Crippen LogP contribution in [0.3, 0.4) is 0 Å². The summed E-state index contributed by atoms with van der Waals surface area (Å²) in [5.41, 5.74) is 5.89. The smallest absolute Gasteiger partial charge is 0.0337 e. The first-order valence-corrected chi connectivity index (χ1v) is 6.11. The second-order valence-electron chi connectivity index (χ2n) is 3.79. The van der Waals surface area contributed by atoms with E-state index >= 15 is 0 Å². The number of nitrogens with two attached hydrogens (primary N) is 1. The van der Waals surface area contributed by atoms with Gasteiger partial charge >= 0.3 is 0 Å². The molecule has 0 aromatic rings. The Morgan fingerprint density at radius 1 is 1.50 bits per heavy atom. The van der Waals surface area contributed by atoms with E-state index in [1.807, 2.05) is 18.8 Å². The Morgan fingerprint density at radius 2 is 2.14 bits per heavy atom. The lowest BCUT2D eigenvalue weighted by Crippen LogP contribution is -2.37. The summed E-state index contributed by atoms with van der Waals surface area (Å²) in [6, 6.07) is 0. The summed E-state index contributed by atoms with van der Waals surface area (Å²) < 4.78 is 0.198. The Labute approximate surface area is 92.7 Å². The summed E-state index contributed by atoms with van der Waals surface area (Å²) in [4.78, 5) is 1.17. The third-order valence-electron chi connectivity index (χ3n) is 2.30. The standard InChI is InChI=1S/C11H24N2S/c1-5-6-11(9-12,7-8-13-4)14-10(2)3/h13H,2,5-9,12H2,1,3-4H3. The van der Waals surface area contributed by atoms with Crippen LogP contribution >= 0.6 is 11.8 Å². The maximum Gasteiger partial charge on any atom is 0.0337 e. The Balaban J connectivity index is 4.33. The molecule has 0 radical (unpaired) electrons. The SMILES string of the molecule is C=C(C)SC(CN)(CCC)CCNC. The summed E-state index contributed by atoms with van der Waals surface area (Å²) in [6.45, 7) is 10.00. The fourth-order valence-corrected chi connectivity index (χ4v) is 2.98. The van der Waals surface area contributed by atoms with Crippen LogP contribution in [-0.4, -0.2) is 24.9 Å². The van der Waals surface area contributed by atoms with Gasteiger partial charge in [0.1, 0.15) is 0 Å². The fourth-order valence-electron chi connectivity index (χ4n) is 1.65. The minimum Gasteiger partial charge on any atom is -0.329 e. The lowest BCUT2D eigenvalue weighted by molar-refractivity contribution is 0.494. The van der Waals surface area contributed by atoms with Crippen molar-refractivity contribution in [3.05, 3.63) is 11.5 Å².